The zero-order chi connectivity index (χ0) is 18.6. The van der Waals surface area contributed by atoms with E-state index in [9.17, 15) is 9.90 Å². The standard InChI is InChI=1S/C21H22N4O2/c26-20-11-10-19(16-8-4-5-9-17(16)20)25(24-15-6-2-1-3-7-15)21(27)18-12-13-22-14-23-18/h4-5,8-15,24,26H,1-3,6-7H2. The van der Waals surface area contributed by atoms with Crippen molar-refractivity contribution in [2.45, 2.75) is 38.1 Å². The molecule has 0 bridgehead atoms. The van der Waals surface area contributed by atoms with Gasteiger partial charge in [0, 0.05) is 23.0 Å². The molecule has 6 nitrogen and oxygen atoms in total. The number of hydrazine groups is 1. The van der Waals surface area contributed by atoms with Gasteiger partial charge in [-0.25, -0.2) is 20.4 Å². The van der Waals surface area contributed by atoms with E-state index in [-0.39, 0.29) is 17.7 Å². The highest BCUT2D eigenvalue weighted by molar-refractivity contribution is 6.10. The number of nitrogens with one attached hydrogen (secondary N) is 1. The lowest BCUT2D eigenvalue weighted by atomic mass is 9.96. The molecule has 2 aromatic carbocycles. The minimum absolute atomic E-state index is 0.196. The zero-order valence-electron chi connectivity index (χ0n) is 15.0. The highest BCUT2D eigenvalue weighted by Gasteiger charge is 2.25. The molecule has 1 saturated carbocycles. The van der Waals surface area contributed by atoms with E-state index in [0.717, 1.165) is 31.1 Å². The van der Waals surface area contributed by atoms with Crippen LogP contribution >= 0.6 is 0 Å². The fourth-order valence-corrected chi connectivity index (χ4v) is 3.65. The van der Waals surface area contributed by atoms with Crippen LogP contribution in [0.15, 0.2) is 55.0 Å². The Morgan fingerprint density at radius 1 is 1.04 bits per heavy atom. The molecule has 0 aliphatic heterocycles. The molecule has 1 aliphatic carbocycles. The van der Waals surface area contributed by atoms with Crippen LogP contribution in [-0.4, -0.2) is 27.0 Å². The number of phenolic OH excluding ortho intramolecular Hbond substituents is 1. The normalized spacial score (nSPS) is 15.0. The van der Waals surface area contributed by atoms with Crippen LogP contribution in [0.5, 0.6) is 5.75 Å². The van der Waals surface area contributed by atoms with Gasteiger partial charge in [-0.3, -0.25) is 4.79 Å². The van der Waals surface area contributed by atoms with Crippen LogP contribution < -0.4 is 10.4 Å². The van der Waals surface area contributed by atoms with E-state index in [0.29, 0.717) is 16.8 Å². The average molecular weight is 362 g/mol. The van der Waals surface area contributed by atoms with Crippen molar-refractivity contribution >= 4 is 22.4 Å². The van der Waals surface area contributed by atoms with Crippen molar-refractivity contribution in [3.63, 3.8) is 0 Å². The van der Waals surface area contributed by atoms with Crippen molar-refractivity contribution in [2.75, 3.05) is 5.01 Å². The summed E-state index contributed by atoms with van der Waals surface area (Å²) in [5, 5.41) is 13.3. The third kappa shape index (κ3) is 3.61. The molecule has 27 heavy (non-hydrogen) atoms. The first-order valence-corrected chi connectivity index (χ1v) is 9.31. The summed E-state index contributed by atoms with van der Waals surface area (Å²) in [4.78, 5) is 21.3. The number of amides is 1. The quantitative estimate of drug-likeness (QED) is 0.690. The van der Waals surface area contributed by atoms with Gasteiger partial charge in [0.15, 0.2) is 0 Å². The van der Waals surface area contributed by atoms with Crippen LogP contribution in [0.2, 0.25) is 0 Å². The van der Waals surface area contributed by atoms with Gasteiger partial charge in [0.05, 0.1) is 5.69 Å². The van der Waals surface area contributed by atoms with Crippen molar-refractivity contribution in [2.24, 2.45) is 0 Å². The van der Waals surface area contributed by atoms with Crippen molar-refractivity contribution in [3.05, 3.63) is 60.7 Å². The molecule has 1 heterocycles. The van der Waals surface area contributed by atoms with Gasteiger partial charge in [0.25, 0.3) is 5.91 Å². The summed E-state index contributed by atoms with van der Waals surface area (Å²) >= 11 is 0. The number of carbonyl (C=O) groups excluding carboxylic acids is 1. The van der Waals surface area contributed by atoms with Crippen LogP contribution in [0.25, 0.3) is 10.8 Å². The molecule has 4 rings (SSSR count). The molecule has 1 aliphatic rings. The summed E-state index contributed by atoms with van der Waals surface area (Å²) in [6.07, 6.45) is 8.55. The molecule has 0 spiro atoms. The fraction of sp³-hybridized carbons (Fsp3) is 0.286. The molecule has 1 aromatic heterocycles. The molecule has 1 fully saturated rings. The largest absolute Gasteiger partial charge is 0.507 e. The Balaban J connectivity index is 1.78. The maximum Gasteiger partial charge on any atom is 0.291 e. The van der Waals surface area contributed by atoms with Crippen molar-refractivity contribution in [1.29, 1.82) is 0 Å². The summed E-state index contributed by atoms with van der Waals surface area (Å²) in [7, 11) is 0. The molecular formula is C21H22N4O2. The second kappa shape index (κ2) is 7.72. The number of aromatic nitrogens is 2. The van der Waals surface area contributed by atoms with E-state index in [1.54, 1.807) is 29.4 Å². The zero-order valence-corrected chi connectivity index (χ0v) is 15.0. The number of hydrogen-bond acceptors (Lipinski definition) is 5. The summed E-state index contributed by atoms with van der Waals surface area (Å²) in [5.41, 5.74) is 4.45. The molecule has 6 heteroatoms. The number of hydrogen-bond donors (Lipinski definition) is 2. The maximum atomic E-state index is 13.3. The lowest BCUT2D eigenvalue weighted by molar-refractivity contribution is 0.0961. The van der Waals surface area contributed by atoms with Gasteiger partial charge < -0.3 is 5.11 Å². The van der Waals surface area contributed by atoms with E-state index in [1.165, 1.54) is 12.7 Å². The number of carbonyl (C=O) groups is 1. The van der Waals surface area contributed by atoms with Crippen LogP contribution in [-0.2, 0) is 0 Å². The first-order valence-electron chi connectivity index (χ1n) is 9.31. The molecule has 138 valence electrons. The summed E-state index contributed by atoms with van der Waals surface area (Å²) in [5.74, 6) is -0.0414. The topological polar surface area (TPSA) is 78.4 Å². The minimum atomic E-state index is -0.237. The Kier molecular flexibility index (Phi) is 4.98. The summed E-state index contributed by atoms with van der Waals surface area (Å²) in [6, 6.07) is 12.8. The van der Waals surface area contributed by atoms with Crippen molar-refractivity contribution in [3.8, 4) is 5.75 Å². The molecule has 3 aromatic rings. The fourth-order valence-electron chi connectivity index (χ4n) is 3.65. The number of phenols is 1. The number of nitrogens with zero attached hydrogens (tertiary/aromatic N) is 3. The van der Waals surface area contributed by atoms with Crippen LogP contribution in [0.3, 0.4) is 0 Å². The third-order valence-corrected chi connectivity index (χ3v) is 5.04. The highest BCUT2D eigenvalue weighted by atomic mass is 16.3. The second-order valence-corrected chi connectivity index (χ2v) is 6.85. The Morgan fingerprint density at radius 3 is 2.56 bits per heavy atom. The molecule has 1 amide bonds. The monoisotopic (exact) mass is 362 g/mol. The molecule has 0 unspecified atom stereocenters. The summed E-state index contributed by atoms with van der Waals surface area (Å²) in [6.45, 7) is 0. The van der Waals surface area contributed by atoms with E-state index < -0.39 is 0 Å². The van der Waals surface area contributed by atoms with Gasteiger partial charge in [0.1, 0.15) is 17.8 Å². The van der Waals surface area contributed by atoms with Crippen LogP contribution in [0.4, 0.5) is 5.69 Å². The van der Waals surface area contributed by atoms with Gasteiger partial charge in [-0.15, -0.1) is 0 Å². The molecule has 0 atom stereocenters. The number of benzene rings is 2. The highest BCUT2D eigenvalue weighted by Crippen LogP contribution is 2.33. The first kappa shape index (κ1) is 17.4. The SMILES string of the molecule is O=C(c1ccncn1)N(NC1CCCCC1)c1ccc(O)c2ccccc12. The average Bonchev–Trinajstić information content (AvgIpc) is 2.74. The lowest BCUT2D eigenvalue weighted by Gasteiger charge is -2.31. The Labute approximate surface area is 157 Å². The van der Waals surface area contributed by atoms with Crippen LogP contribution in [0.1, 0.15) is 42.6 Å². The van der Waals surface area contributed by atoms with Gasteiger partial charge >= 0.3 is 0 Å². The second-order valence-electron chi connectivity index (χ2n) is 6.85. The molecule has 0 radical (unpaired) electrons. The van der Waals surface area contributed by atoms with E-state index >= 15 is 0 Å². The van der Waals surface area contributed by atoms with Gasteiger partial charge in [-0.05, 0) is 31.0 Å². The van der Waals surface area contributed by atoms with Crippen molar-refractivity contribution < 1.29 is 9.90 Å². The third-order valence-electron chi connectivity index (χ3n) is 5.04. The first-order chi connectivity index (χ1) is 13.2. The number of rotatable bonds is 4. The minimum Gasteiger partial charge on any atom is -0.507 e. The van der Waals surface area contributed by atoms with Crippen molar-refractivity contribution in [1.82, 2.24) is 15.4 Å². The van der Waals surface area contributed by atoms with Crippen LogP contribution in [0, 0.1) is 0 Å². The molecule has 2 N–H and O–H groups in total. The van der Waals surface area contributed by atoms with Gasteiger partial charge in [0.2, 0.25) is 0 Å². The molecular weight excluding hydrogens is 340 g/mol. The number of aromatic hydroxyl groups is 1. The smallest absolute Gasteiger partial charge is 0.291 e. The van der Waals surface area contributed by atoms with Gasteiger partial charge in [-0.2, -0.15) is 0 Å². The predicted molar refractivity (Wildman–Crippen MR) is 104 cm³/mol. The Bertz CT molecular complexity index is 939. The summed E-state index contributed by atoms with van der Waals surface area (Å²) < 4.78 is 0. The predicted octanol–water partition coefficient (Wildman–Crippen LogP) is 3.82. The van der Waals surface area contributed by atoms with E-state index in [1.807, 2.05) is 24.3 Å². The number of fused-ring (bicyclic) bond motifs is 1. The number of anilines is 1. The van der Waals surface area contributed by atoms with E-state index in [4.69, 9.17) is 0 Å². The molecule has 0 saturated heterocycles. The van der Waals surface area contributed by atoms with Gasteiger partial charge in [-0.1, -0.05) is 43.5 Å². The van der Waals surface area contributed by atoms with E-state index in [2.05, 4.69) is 15.4 Å². The Morgan fingerprint density at radius 2 is 1.81 bits per heavy atom. The Hall–Kier alpha value is -2.99. The maximum absolute atomic E-state index is 13.3. The lowest BCUT2D eigenvalue weighted by Crippen LogP contribution is -2.49.